The third kappa shape index (κ3) is 8.91. The van der Waals surface area contributed by atoms with Crippen LogP contribution < -0.4 is 5.32 Å². The monoisotopic (exact) mass is 989 g/mol. The lowest BCUT2D eigenvalue weighted by atomic mass is 9.83. The summed E-state index contributed by atoms with van der Waals surface area (Å²) < 4.78 is 19.1. The number of hydrogen-bond acceptors (Lipinski definition) is 9. The smallest absolute Gasteiger partial charge is 0.342 e. The predicted octanol–water partition coefficient (Wildman–Crippen LogP) is 5.47. The molecule has 1 heterocycles. The van der Waals surface area contributed by atoms with Crippen molar-refractivity contribution in [3.8, 4) is 11.5 Å². The Bertz CT molecular complexity index is 1170. The Morgan fingerprint density at radius 1 is 0.872 bits per heavy atom. The number of carbonyl (C=O) groups is 3. The van der Waals surface area contributed by atoms with E-state index in [1.54, 1.807) is 12.1 Å². The zero-order valence-corrected chi connectivity index (χ0v) is 29.7. The third-order valence-electron chi connectivity index (χ3n) is 6.35. The van der Waals surface area contributed by atoms with E-state index in [1.165, 1.54) is 12.1 Å². The number of phenols is 2. The van der Waals surface area contributed by atoms with Crippen LogP contribution in [-0.2, 0) is 19.0 Å². The number of carbonyl (C=O) groups excluding carboxylic acids is 3. The van der Waals surface area contributed by atoms with Gasteiger partial charge in [0.15, 0.2) is 0 Å². The fourth-order valence-corrected chi connectivity index (χ4v) is 7.77. The summed E-state index contributed by atoms with van der Waals surface area (Å²) in [5.74, 6) is -3.77. The Morgan fingerprint density at radius 2 is 1.31 bits per heavy atom. The molecule has 9 nitrogen and oxygen atoms in total. The maximum absolute atomic E-state index is 13.3. The normalized spacial score (nSPS) is 14.2. The first kappa shape index (κ1) is 32.8. The number of nitrogens with one attached hydrogen (secondary N) is 1. The zero-order chi connectivity index (χ0) is 28.9. The topological polar surface area (TPSA) is 131 Å². The maximum Gasteiger partial charge on any atom is 0.342 e. The van der Waals surface area contributed by atoms with Gasteiger partial charge in [-0.1, -0.05) is 0 Å². The first-order valence-electron chi connectivity index (χ1n) is 11.9. The molecule has 2 aromatic rings. The van der Waals surface area contributed by atoms with Gasteiger partial charge in [-0.2, -0.15) is 0 Å². The molecule has 1 aliphatic heterocycles. The highest BCUT2D eigenvalue weighted by Crippen LogP contribution is 2.31. The van der Waals surface area contributed by atoms with Gasteiger partial charge in [0.1, 0.15) is 47.4 Å². The summed E-state index contributed by atoms with van der Waals surface area (Å²) >= 11 is 7.86. The lowest BCUT2D eigenvalue weighted by molar-refractivity contribution is -0.170. The fourth-order valence-electron chi connectivity index (χ4n) is 4.08. The number of hydrogen-bond donors (Lipinski definition) is 3. The van der Waals surface area contributed by atoms with Crippen molar-refractivity contribution in [2.75, 3.05) is 26.3 Å². The molecule has 3 N–H and O–H groups in total. The van der Waals surface area contributed by atoms with Gasteiger partial charge < -0.3 is 29.7 Å². The largest absolute Gasteiger partial charge is 0.506 e. The standard InChI is InChI=1S/C26H27I4NO8/c1-26(2,14-3-5-31-6-4-14)39-23(34)13(11-37-24(35)17-7-15(27)9-19(29)21(17)32)12-38-25(36)18-8-16(28)10-20(30)22(18)33/h7-10,13-14,31-33H,3-6,11-12H2,1-2H3. The molecule has 0 atom stereocenters. The second-order valence-electron chi connectivity index (χ2n) is 9.51. The van der Waals surface area contributed by atoms with Crippen molar-refractivity contribution in [1.82, 2.24) is 5.32 Å². The number of ether oxygens (including phenoxy) is 3. The highest BCUT2D eigenvalue weighted by Gasteiger charge is 2.37. The Labute approximate surface area is 281 Å². The van der Waals surface area contributed by atoms with Gasteiger partial charge in [-0.15, -0.1) is 0 Å². The molecule has 1 aliphatic rings. The second-order valence-corrected chi connectivity index (χ2v) is 14.3. The fraction of sp³-hybridized carbons (Fsp3) is 0.423. The molecule has 2 aromatic carbocycles. The quantitative estimate of drug-likeness (QED) is 0.170. The SMILES string of the molecule is CC(C)(OC(=O)C(COC(=O)c1cc(I)cc(I)c1O)COC(=O)c1cc(I)cc(I)c1O)C1CCNCC1. The molecule has 0 saturated carbocycles. The van der Waals surface area contributed by atoms with E-state index in [1.807, 2.05) is 104 Å². The number of piperidine rings is 1. The van der Waals surface area contributed by atoms with Gasteiger partial charge in [-0.3, -0.25) is 4.79 Å². The van der Waals surface area contributed by atoms with E-state index < -0.39 is 42.6 Å². The van der Waals surface area contributed by atoms with Crippen LogP contribution >= 0.6 is 90.4 Å². The molecule has 3 rings (SSSR count). The highest BCUT2D eigenvalue weighted by molar-refractivity contribution is 14.1. The van der Waals surface area contributed by atoms with E-state index in [9.17, 15) is 24.6 Å². The molecule has 0 amide bonds. The van der Waals surface area contributed by atoms with Gasteiger partial charge in [-0.25, -0.2) is 9.59 Å². The molecule has 0 aromatic heterocycles. The van der Waals surface area contributed by atoms with Crippen LogP contribution in [0.4, 0.5) is 0 Å². The van der Waals surface area contributed by atoms with Crippen LogP contribution in [0.25, 0.3) is 0 Å². The van der Waals surface area contributed by atoms with E-state index in [2.05, 4.69) is 5.32 Å². The molecule has 0 bridgehead atoms. The minimum atomic E-state index is -1.13. The van der Waals surface area contributed by atoms with Crippen LogP contribution in [0.3, 0.4) is 0 Å². The first-order chi connectivity index (χ1) is 18.3. The Morgan fingerprint density at radius 3 is 1.74 bits per heavy atom. The van der Waals surface area contributed by atoms with Gasteiger partial charge in [0.05, 0.1) is 7.14 Å². The number of benzene rings is 2. The summed E-state index contributed by atoms with van der Waals surface area (Å²) in [6.07, 6.45) is 1.67. The average Bonchev–Trinajstić information content (AvgIpc) is 2.88. The number of aromatic hydroxyl groups is 2. The zero-order valence-electron chi connectivity index (χ0n) is 21.1. The average molecular weight is 989 g/mol. The number of esters is 3. The molecule has 1 saturated heterocycles. The lowest BCUT2D eigenvalue weighted by Crippen LogP contribution is -2.44. The van der Waals surface area contributed by atoms with Gasteiger partial charge in [-0.05, 0) is 154 Å². The molecule has 0 radical (unpaired) electrons. The Balaban J connectivity index is 1.77. The van der Waals surface area contributed by atoms with Crippen molar-refractivity contribution in [3.05, 3.63) is 49.7 Å². The van der Waals surface area contributed by atoms with E-state index in [0.717, 1.165) is 33.1 Å². The number of rotatable bonds is 9. The van der Waals surface area contributed by atoms with Crippen molar-refractivity contribution >= 4 is 108 Å². The van der Waals surface area contributed by atoms with Crippen molar-refractivity contribution < 1.29 is 38.8 Å². The molecule has 13 heteroatoms. The summed E-state index contributed by atoms with van der Waals surface area (Å²) in [5.41, 5.74) is -0.869. The number of halogens is 4. The maximum atomic E-state index is 13.3. The molecular formula is C26H27I4NO8. The Kier molecular flexibility index (Phi) is 12.2. The summed E-state index contributed by atoms with van der Waals surface area (Å²) in [6, 6.07) is 6.37. The lowest BCUT2D eigenvalue weighted by Gasteiger charge is -2.37. The van der Waals surface area contributed by atoms with Gasteiger partial charge in [0.2, 0.25) is 0 Å². The summed E-state index contributed by atoms with van der Waals surface area (Å²) in [7, 11) is 0. The van der Waals surface area contributed by atoms with E-state index in [4.69, 9.17) is 14.2 Å². The predicted molar refractivity (Wildman–Crippen MR) is 177 cm³/mol. The van der Waals surface area contributed by atoms with Crippen LogP contribution in [0.5, 0.6) is 11.5 Å². The molecule has 212 valence electrons. The van der Waals surface area contributed by atoms with Crippen LogP contribution in [0.2, 0.25) is 0 Å². The van der Waals surface area contributed by atoms with Gasteiger partial charge in [0, 0.05) is 13.1 Å². The first-order valence-corrected chi connectivity index (χ1v) is 16.3. The van der Waals surface area contributed by atoms with Crippen LogP contribution in [-0.4, -0.2) is 60.0 Å². The van der Waals surface area contributed by atoms with Crippen LogP contribution in [0.15, 0.2) is 24.3 Å². The minimum absolute atomic E-state index is 0.0381. The third-order valence-corrected chi connectivity index (χ3v) is 9.24. The Hall–Kier alpha value is -0.670. The second kappa shape index (κ2) is 14.5. The van der Waals surface area contributed by atoms with Crippen molar-refractivity contribution in [2.45, 2.75) is 32.3 Å². The molecule has 0 spiro atoms. The van der Waals surface area contributed by atoms with Crippen molar-refractivity contribution in [3.63, 3.8) is 0 Å². The molecule has 1 fully saturated rings. The summed E-state index contributed by atoms with van der Waals surface area (Å²) in [6.45, 7) is 4.44. The van der Waals surface area contributed by atoms with Crippen LogP contribution in [0, 0.1) is 26.1 Å². The molecule has 39 heavy (non-hydrogen) atoms. The summed E-state index contributed by atoms with van der Waals surface area (Å²) in [5, 5.41) is 24.0. The summed E-state index contributed by atoms with van der Waals surface area (Å²) in [4.78, 5) is 39.0. The molecule has 0 unspecified atom stereocenters. The minimum Gasteiger partial charge on any atom is -0.506 e. The van der Waals surface area contributed by atoms with Crippen molar-refractivity contribution in [2.24, 2.45) is 11.8 Å². The molecular weight excluding hydrogens is 962 g/mol. The van der Waals surface area contributed by atoms with Gasteiger partial charge in [0.25, 0.3) is 0 Å². The van der Waals surface area contributed by atoms with E-state index in [0.29, 0.717) is 7.14 Å². The van der Waals surface area contributed by atoms with Gasteiger partial charge >= 0.3 is 17.9 Å². The highest BCUT2D eigenvalue weighted by atomic mass is 127. The van der Waals surface area contributed by atoms with Crippen molar-refractivity contribution in [1.29, 1.82) is 0 Å². The van der Waals surface area contributed by atoms with E-state index in [-0.39, 0.29) is 28.5 Å². The van der Waals surface area contributed by atoms with Crippen LogP contribution in [0.1, 0.15) is 47.4 Å². The van der Waals surface area contributed by atoms with E-state index >= 15 is 0 Å². The number of phenolic OH excluding ortho intramolecular Hbond substituents is 2. The molecule has 0 aliphatic carbocycles.